The van der Waals surface area contributed by atoms with Gasteiger partial charge in [-0.05, 0) is 18.2 Å². The maximum Gasteiger partial charge on any atom is 0.233 e. The smallest absolute Gasteiger partial charge is 0.233 e. The summed E-state index contributed by atoms with van der Waals surface area (Å²) in [6.07, 6.45) is 0. The third kappa shape index (κ3) is 4.65. The molecule has 140 valence electrons. The first kappa shape index (κ1) is 18.9. The predicted molar refractivity (Wildman–Crippen MR) is 102 cm³/mol. The van der Waals surface area contributed by atoms with Crippen LogP contribution < -0.4 is 4.74 Å². The van der Waals surface area contributed by atoms with E-state index in [2.05, 4.69) is 15.2 Å². The molecule has 1 aromatic heterocycles. The lowest BCUT2D eigenvalue weighted by Gasteiger charge is -2.18. The first-order valence-corrected chi connectivity index (χ1v) is 9.23. The van der Waals surface area contributed by atoms with Gasteiger partial charge in [0.2, 0.25) is 11.1 Å². The van der Waals surface area contributed by atoms with E-state index in [0.29, 0.717) is 23.1 Å². The number of aromatic amines is 1. The molecule has 8 heteroatoms. The molecule has 0 aliphatic rings. The number of H-pyrrole nitrogens is 1. The molecule has 0 fully saturated rings. The molecule has 1 N–H and O–H groups in total. The zero-order valence-electron chi connectivity index (χ0n) is 15.0. The second kappa shape index (κ2) is 8.68. The third-order valence-electron chi connectivity index (χ3n) is 3.94. The highest BCUT2D eigenvalue weighted by Crippen LogP contribution is 2.22. The summed E-state index contributed by atoms with van der Waals surface area (Å²) in [4.78, 5) is 18.3. The number of ether oxygens (including phenoxy) is 1. The number of aromatic nitrogens is 3. The van der Waals surface area contributed by atoms with E-state index in [1.165, 1.54) is 17.8 Å². The van der Waals surface area contributed by atoms with Gasteiger partial charge in [-0.3, -0.25) is 9.89 Å². The second-order valence-electron chi connectivity index (χ2n) is 5.80. The molecular formula is C19H19FN4O2S. The highest BCUT2D eigenvalue weighted by atomic mass is 32.2. The molecule has 0 atom stereocenters. The van der Waals surface area contributed by atoms with Crippen LogP contribution >= 0.6 is 11.8 Å². The average molecular weight is 386 g/mol. The Balaban J connectivity index is 1.58. The number of para-hydroxylation sites is 1. The Kier molecular flexibility index (Phi) is 6.08. The first-order valence-electron chi connectivity index (χ1n) is 8.24. The van der Waals surface area contributed by atoms with Gasteiger partial charge in [0.25, 0.3) is 0 Å². The highest BCUT2D eigenvalue weighted by molar-refractivity contribution is 7.99. The number of halogens is 1. The van der Waals surface area contributed by atoms with Crippen LogP contribution in [0.2, 0.25) is 0 Å². The van der Waals surface area contributed by atoms with Crippen molar-refractivity contribution in [3.05, 3.63) is 59.9 Å². The molecule has 2 aromatic carbocycles. The minimum absolute atomic E-state index is 0.0665. The average Bonchev–Trinajstić information content (AvgIpc) is 3.15. The molecule has 3 aromatic rings. The molecule has 0 unspecified atom stereocenters. The number of benzene rings is 2. The van der Waals surface area contributed by atoms with Crippen LogP contribution in [0.5, 0.6) is 5.75 Å². The maximum atomic E-state index is 13.8. The minimum atomic E-state index is -0.377. The summed E-state index contributed by atoms with van der Waals surface area (Å²) in [6, 6.07) is 13.9. The SMILES string of the molecule is COc1ccccc1CN(C)C(=O)CSc1n[nH]c(-c2ccccc2F)n1. The monoisotopic (exact) mass is 386 g/mol. The number of amides is 1. The van der Waals surface area contributed by atoms with Crippen LogP contribution in [-0.4, -0.2) is 45.9 Å². The van der Waals surface area contributed by atoms with Crippen molar-refractivity contribution < 1.29 is 13.9 Å². The van der Waals surface area contributed by atoms with Gasteiger partial charge in [0.05, 0.1) is 18.4 Å². The van der Waals surface area contributed by atoms with E-state index in [4.69, 9.17) is 4.74 Å². The van der Waals surface area contributed by atoms with Crippen LogP contribution in [0.15, 0.2) is 53.7 Å². The van der Waals surface area contributed by atoms with Gasteiger partial charge in [-0.1, -0.05) is 42.1 Å². The summed E-state index contributed by atoms with van der Waals surface area (Å²) >= 11 is 1.20. The van der Waals surface area contributed by atoms with Crippen LogP contribution in [0.4, 0.5) is 4.39 Å². The van der Waals surface area contributed by atoms with Gasteiger partial charge in [0.1, 0.15) is 11.6 Å². The van der Waals surface area contributed by atoms with E-state index >= 15 is 0 Å². The van der Waals surface area contributed by atoms with Crippen LogP contribution in [0.3, 0.4) is 0 Å². The molecule has 0 aliphatic carbocycles. The van der Waals surface area contributed by atoms with Gasteiger partial charge in [-0.15, -0.1) is 5.10 Å². The molecule has 0 aliphatic heterocycles. The molecule has 0 saturated heterocycles. The van der Waals surface area contributed by atoms with Crippen molar-refractivity contribution >= 4 is 17.7 Å². The summed E-state index contributed by atoms with van der Waals surface area (Å²) < 4.78 is 19.1. The van der Waals surface area contributed by atoms with Crippen molar-refractivity contribution in [1.29, 1.82) is 0 Å². The number of nitrogens with one attached hydrogen (secondary N) is 1. The van der Waals surface area contributed by atoms with Gasteiger partial charge in [0.15, 0.2) is 5.82 Å². The number of carbonyl (C=O) groups excluding carboxylic acids is 1. The van der Waals surface area contributed by atoms with Crippen LogP contribution in [0.1, 0.15) is 5.56 Å². The van der Waals surface area contributed by atoms with Crippen molar-refractivity contribution in [1.82, 2.24) is 20.1 Å². The molecule has 1 amide bonds. The Bertz CT molecular complexity index is 931. The van der Waals surface area contributed by atoms with Crippen molar-refractivity contribution in [2.24, 2.45) is 0 Å². The molecule has 0 bridgehead atoms. The summed E-state index contributed by atoms with van der Waals surface area (Å²) in [5, 5.41) is 7.15. The molecule has 0 spiro atoms. The van der Waals surface area contributed by atoms with E-state index in [9.17, 15) is 9.18 Å². The summed E-state index contributed by atoms with van der Waals surface area (Å²) in [7, 11) is 3.34. The number of thioether (sulfide) groups is 1. The maximum absolute atomic E-state index is 13.8. The highest BCUT2D eigenvalue weighted by Gasteiger charge is 2.15. The Hall–Kier alpha value is -2.87. The van der Waals surface area contributed by atoms with Gasteiger partial charge in [-0.2, -0.15) is 0 Å². The number of rotatable bonds is 7. The topological polar surface area (TPSA) is 71.1 Å². The van der Waals surface area contributed by atoms with Crippen LogP contribution in [0, 0.1) is 5.82 Å². The number of hydrogen-bond donors (Lipinski definition) is 1. The van der Waals surface area contributed by atoms with Crippen LogP contribution in [-0.2, 0) is 11.3 Å². The Morgan fingerprint density at radius 3 is 2.74 bits per heavy atom. The molecule has 0 radical (unpaired) electrons. The second-order valence-corrected chi connectivity index (χ2v) is 6.74. The minimum Gasteiger partial charge on any atom is -0.496 e. The van der Waals surface area contributed by atoms with E-state index in [0.717, 1.165) is 11.3 Å². The van der Waals surface area contributed by atoms with Gasteiger partial charge in [0, 0.05) is 19.2 Å². The number of nitrogens with zero attached hydrogens (tertiary/aromatic N) is 3. The first-order chi connectivity index (χ1) is 13.1. The van der Waals surface area contributed by atoms with Crippen molar-refractivity contribution in [2.45, 2.75) is 11.7 Å². The number of hydrogen-bond acceptors (Lipinski definition) is 5. The fourth-order valence-electron chi connectivity index (χ4n) is 2.50. The zero-order chi connectivity index (χ0) is 19.2. The molecule has 3 rings (SSSR count). The number of methoxy groups -OCH3 is 1. The quantitative estimate of drug-likeness (QED) is 0.631. The van der Waals surface area contributed by atoms with E-state index in [1.807, 2.05) is 24.3 Å². The van der Waals surface area contributed by atoms with Gasteiger partial charge < -0.3 is 9.64 Å². The number of carbonyl (C=O) groups is 1. The summed E-state index contributed by atoms with van der Waals surface area (Å²) in [5.74, 6) is 0.819. The lowest BCUT2D eigenvalue weighted by molar-refractivity contribution is -0.127. The van der Waals surface area contributed by atoms with Crippen molar-refractivity contribution in [3.63, 3.8) is 0 Å². The Morgan fingerprint density at radius 1 is 1.22 bits per heavy atom. The van der Waals surface area contributed by atoms with Gasteiger partial charge in [-0.25, -0.2) is 9.37 Å². The molecule has 6 nitrogen and oxygen atoms in total. The fourth-order valence-corrected chi connectivity index (χ4v) is 3.24. The fraction of sp³-hybridized carbons (Fsp3) is 0.211. The Morgan fingerprint density at radius 2 is 1.96 bits per heavy atom. The summed E-state index contributed by atoms with van der Waals surface area (Å²) in [6.45, 7) is 0.442. The van der Waals surface area contributed by atoms with Crippen molar-refractivity contribution in [2.75, 3.05) is 19.9 Å². The molecule has 0 saturated carbocycles. The lowest BCUT2D eigenvalue weighted by atomic mass is 10.2. The summed E-state index contributed by atoms with van der Waals surface area (Å²) in [5.41, 5.74) is 1.28. The van der Waals surface area contributed by atoms with Gasteiger partial charge >= 0.3 is 0 Å². The zero-order valence-corrected chi connectivity index (χ0v) is 15.8. The largest absolute Gasteiger partial charge is 0.496 e. The van der Waals surface area contributed by atoms with E-state index in [1.54, 1.807) is 37.3 Å². The molecular weight excluding hydrogens is 367 g/mol. The third-order valence-corrected chi connectivity index (χ3v) is 4.78. The van der Waals surface area contributed by atoms with E-state index < -0.39 is 0 Å². The van der Waals surface area contributed by atoms with E-state index in [-0.39, 0.29) is 17.5 Å². The molecule has 27 heavy (non-hydrogen) atoms. The Labute approximate surface area is 160 Å². The lowest BCUT2D eigenvalue weighted by Crippen LogP contribution is -2.28. The van der Waals surface area contributed by atoms with Crippen molar-refractivity contribution in [3.8, 4) is 17.1 Å². The standard InChI is InChI=1S/C19H19FN4O2S/c1-24(11-13-7-3-6-10-16(13)26-2)17(25)12-27-19-21-18(22-23-19)14-8-4-5-9-15(14)20/h3-10H,11-12H2,1-2H3,(H,21,22,23). The van der Waals surface area contributed by atoms with Crippen LogP contribution in [0.25, 0.3) is 11.4 Å². The predicted octanol–water partition coefficient (Wildman–Crippen LogP) is 3.37. The molecule has 1 heterocycles. The normalized spacial score (nSPS) is 10.6.